The van der Waals surface area contributed by atoms with Gasteiger partial charge in [-0.15, -0.1) is 0 Å². The molecule has 0 amide bonds. The molecule has 0 radical (unpaired) electrons. The number of nitrogens with zero attached hydrogens (tertiary/aromatic N) is 2. The Morgan fingerprint density at radius 2 is 2.00 bits per heavy atom. The van der Waals surface area contributed by atoms with E-state index in [0.29, 0.717) is 11.9 Å². The summed E-state index contributed by atoms with van der Waals surface area (Å²) in [5.41, 5.74) is 1.98. The number of rotatable bonds is 2. The van der Waals surface area contributed by atoms with Crippen LogP contribution in [0.1, 0.15) is 31.2 Å². The minimum Gasteiger partial charge on any atom is -0.467 e. The first kappa shape index (κ1) is 8.97. The third-order valence-electron chi connectivity index (χ3n) is 1.63. The molecule has 0 spiro atoms. The van der Waals surface area contributed by atoms with Crippen LogP contribution in [0.4, 0.5) is 0 Å². The van der Waals surface area contributed by atoms with Crippen LogP contribution >= 0.6 is 0 Å². The third kappa shape index (κ3) is 1.94. The lowest BCUT2D eigenvalue weighted by atomic mass is 10.1. The average Bonchev–Trinajstić information content (AvgIpc) is 2.03. The van der Waals surface area contributed by atoms with E-state index in [-0.39, 0.29) is 0 Å². The molecule has 0 aliphatic heterocycles. The molecule has 1 aromatic heterocycles. The molecule has 0 N–H and O–H groups in total. The first-order valence-corrected chi connectivity index (χ1v) is 4.03. The van der Waals surface area contributed by atoms with Gasteiger partial charge in [-0.3, -0.25) is 0 Å². The number of methoxy groups -OCH3 is 1. The molecule has 66 valence electrons. The van der Waals surface area contributed by atoms with Crippen molar-refractivity contribution in [1.82, 2.24) is 9.97 Å². The molecule has 0 bridgehead atoms. The van der Waals surface area contributed by atoms with E-state index in [1.54, 1.807) is 7.11 Å². The number of hydrogen-bond acceptors (Lipinski definition) is 3. The molecule has 0 aromatic carbocycles. The normalized spacial score (nSPS) is 10.4. The lowest BCUT2D eigenvalue weighted by Crippen LogP contribution is -1.99. The van der Waals surface area contributed by atoms with Crippen molar-refractivity contribution >= 4 is 0 Å². The van der Waals surface area contributed by atoms with E-state index in [0.717, 1.165) is 11.4 Å². The van der Waals surface area contributed by atoms with Gasteiger partial charge in [0.15, 0.2) is 0 Å². The molecule has 0 aliphatic carbocycles. The van der Waals surface area contributed by atoms with E-state index in [1.807, 2.05) is 13.0 Å². The van der Waals surface area contributed by atoms with E-state index < -0.39 is 0 Å². The maximum Gasteiger partial charge on any atom is 0.316 e. The lowest BCUT2D eigenvalue weighted by molar-refractivity contribution is 0.376. The Balaban J connectivity index is 3.06. The standard InChI is InChI=1S/C9H14N2O/c1-6(2)8-5-7(3)10-9(11-8)12-4/h5-6H,1-4H3. The van der Waals surface area contributed by atoms with Gasteiger partial charge in [-0.05, 0) is 18.9 Å². The monoisotopic (exact) mass is 166 g/mol. The van der Waals surface area contributed by atoms with Gasteiger partial charge >= 0.3 is 6.01 Å². The summed E-state index contributed by atoms with van der Waals surface area (Å²) in [5, 5.41) is 0. The fraction of sp³-hybridized carbons (Fsp3) is 0.556. The predicted octanol–water partition coefficient (Wildman–Crippen LogP) is 1.92. The van der Waals surface area contributed by atoms with Crippen molar-refractivity contribution in [2.45, 2.75) is 26.7 Å². The molecular weight excluding hydrogens is 152 g/mol. The van der Waals surface area contributed by atoms with Crippen molar-refractivity contribution in [2.24, 2.45) is 0 Å². The zero-order chi connectivity index (χ0) is 9.14. The number of hydrogen-bond donors (Lipinski definition) is 0. The van der Waals surface area contributed by atoms with Crippen LogP contribution in [0.2, 0.25) is 0 Å². The second-order valence-electron chi connectivity index (χ2n) is 3.08. The Bertz CT molecular complexity index is 271. The van der Waals surface area contributed by atoms with Gasteiger partial charge in [0, 0.05) is 5.69 Å². The molecule has 0 fully saturated rings. The highest BCUT2D eigenvalue weighted by molar-refractivity contribution is 5.15. The van der Waals surface area contributed by atoms with Crippen molar-refractivity contribution in [2.75, 3.05) is 7.11 Å². The predicted molar refractivity (Wildman–Crippen MR) is 47.4 cm³/mol. The number of aromatic nitrogens is 2. The summed E-state index contributed by atoms with van der Waals surface area (Å²) in [4.78, 5) is 8.32. The highest BCUT2D eigenvalue weighted by Gasteiger charge is 2.04. The van der Waals surface area contributed by atoms with Crippen LogP contribution in [0.5, 0.6) is 6.01 Å². The van der Waals surface area contributed by atoms with Gasteiger partial charge in [-0.2, -0.15) is 4.98 Å². The smallest absolute Gasteiger partial charge is 0.316 e. The van der Waals surface area contributed by atoms with Crippen molar-refractivity contribution in [3.63, 3.8) is 0 Å². The summed E-state index contributed by atoms with van der Waals surface area (Å²) in [7, 11) is 1.58. The van der Waals surface area contributed by atoms with Gasteiger partial charge in [0.1, 0.15) is 0 Å². The summed E-state index contributed by atoms with van der Waals surface area (Å²) in [6.07, 6.45) is 0. The summed E-state index contributed by atoms with van der Waals surface area (Å²) >= 11 is 0. The van der Waals surface area contributed by atoms with Gasteiger partial charge < -0.3 is 4.74 Å². The van der Waals surface area contributed by atoms with Gasteiger partial charge in [0.25, 0.3) is 0 Å². The molecule has 0 aliphatic rings. The number of ether oxygens (including phenoxy) is 1. The topological polar surface area (TPSA) is 35.0 Å². The van der Waals surface area contributed by atoms with Crippen molar-refractivity contribution in [3.05, 3.63) is 17.5 Å². The minimum atomic E-state index is 0.417. The molecule has 0 saturated heterocycles. The SMILES string of the molecule is COc1nc(C)cc(C(C)C)n1. The first-order chi connectivity index (χ1) is 5.63. The zero-order valence-electron chi connectivity index (χ0n) is 7.96. The molecule has 12 heavy (non-hydrogen) atoms. The van der Waals surface area contributed by atoms with Gasteiger partial charge in [-0.25, -0.2) is 4.98 Å². The van der Waals surface area contributed by atoms with E-state index in [4.69, 9.17) is 4.74 Å². The van der Waals surface area contributed by atoms with E-state index in [2.05, 4.69) is 23.8 Å². The van der Waals surface area contributed by atoms with Crippen LogP contribution in [0, 0.1) is 6.92 Å². The van der Waals surface area contributed by atoms with Crippen LogP contribution in [0.25, 0.3) is 0 Å². The molecule has 1 heterocycles. The Kier molecular flexibility index (Phi) is 2.63. The Hall–Kier alpha value is -1.12. The molecular formula is C9H14N2O. The minimum absolute atomic E-state index is 0.417. The van der Waals surface area contributed by atoms with Gasteiger partial charge in [0.05, 0.1) is 12.8 Å². The van der Waals surface area contributed by atoms with Crippen molar-refractivity contribution < 1.29 is 4.74 Å². The molecule has 0 atom stereocenters. The summed E-state index contributed by atoms with van der Waals surface area (Å²) in [5.74, 6) is 0.417. The van der Waals surface area contributed by atoms with Gasteiger partial charge in [-0.1, -0.05) is 13.8 Å². The highest BCUT2D eigenvalue weighted by atomic mass is 16.5. The summed E-state index contributed by atoms with van der Waals surface area (Å²) in [6, 6.07) is 2.44. The Morgan fingerprint density at radius 3 is 2.50 bits per heavy atom. The largest absolute Gasteiger partial charge is 0.467 e. The summed E-state index contributed by atoms with van der Waals surface area (Å²) < 4.78 is 4.96. The van der Waals surface area contributed by atoms with E-state index in [9.17, 15) is 0 Å². The Labute approximate surface area is 72.8 Å². The second-order valence-corrected chi connectivity index (χ2v) is 3.08. The fourth-order valence-electron chi connectivity index (χ4n) is 0.952. The van der Waals surface area contributed by atoms with Crippen molar-refractivity contribution in [3.8, 4) is 6.01 Å². The van der Waals surface area contributed by atoms with Crippen molar-refractivity contribution in [1.29, 1.82) is 0 Å². The van der Waals surface area contributed by atoms with Crippen LogP contribution < -0.4 is 4.74 Å². The third-order valence-corrected chi connectivity index (χ3v) is 1.63. The van der Waals surface area contributed by atoms with Crippen LogP contribution in [-0.2, 0) is 0 Å². The quantitative estimate of drug-likeness (QED) is 0.673. The second kappa shape index (κ2) is 3.52. The summed E-state index contributed by atoms with van der Waals surface area (Å²) in [6.45, 7) is 6.14. The number of aryl methyl sites for hydroxylation is 1. The molecule has 0 saturated carbocycles. The average molecular weight is 166 g/mol. The molecule has 3 nitrogen and oxygen atoms in total. The lowest BCUT2D eigenvalue weighted by Gasteiger charge is -2.06. The van der Waals surface area contributed by atoms with E-state index >= 15 is 0 Å². The fourth-order valence-corrected chi connectivity index (χ4v) is 0.952. The zero-order valence-corrected chi connectivity index (χ0v) is 7.96. The maximum absolute atomic E-state index is 4.96. The molecule has 3 heteroatoms. The molecule has 1 aromatic rings. The van der Waals surface area contributed by atoms with Crippen LogP contribution in [-0.4, -0.2) is 17.1 Å². The Morgan fingerprint density at radius 1 is 1.33 bits per heavy atom. The molecule has 1 rings (SSSR count). The van der Waals surface area contributed by atoms with E-state index in [1.165, 1.54) is 0 Å². The molecule has 0 unspecified atom stereocenters. The van der Waals surface area contributed by atoms with Crippen LogP contribution in [0.3, 0.4) is 0 Å². The van der Waals surface area contributed by atoms with Gasteiger partial charge in [0.2, 0.25) is 0 Å². The van der Waals surface area contributed by atoms with Crippen LogP contribution in [0.15, 0.2) is 6.07 Å². The maximum atomic E-state index is 4.96. The highest BCUT2D eigenvalue weighted by Crippen LogP contribution is 2.14. The first-order valence-electron chi connectivity index (χ1n) is 4.03.